The molecule has 0 aliphatic heterocycles. The Hall–Kier alpha value is -0.600. The van der Waals surface area contributed by atoms with E-state index in [2.05, 4.69) is 66.3 Å². The minimum absolute atomic E-state index is 0.713. The molecule has 20 heavy (non-hydrogen) atoms. The van der Waals surface area contributed by atoms with E-state index in [1.165, 1.54) is 41.5 Å². The summed E-state index contributed by atoms with van der Waals surface area (Å²) in [6.45, 7) is 6.70. The first-order chi connectivity index (χ1) is 9.63. The standard InChI is InChI=1S/C18H23BrS/c1-4-16(18-9-13(2)12-20-18)7-5-15-6-8-17(11-19)14(3)10-15/h6,8-10,12,16H,4-5,7,11H2,1-3H3. The summed E-state index contributed by atoms with van der Waals surface area (Å²) in [5, 5.41) is 3.22. The van der Waals surface area contributed by atoms with Crippen molar-refractivity contribution in [2.45, 2.75) is 51.3 Å². The molecule has 0 amide bonds. The molecule has 1 unspecified atom stereocenters. The first-order valence-corrected chi connectivity index (χ1v) is 9.33. The summed E-state index contributed by atoms with van der Waals surface area (Å²) in [6.07, 6.45) is 3.67. The molecule has 2 aromatic rings. The fraction of sp³-hybridized carbons (Fsp3) is 0.444. The quantitative estimate of drug-likeness (QED) is 0.529. The molecule has 1 aromatic heterocycles. The van der Waals surface area contributed by atoms with Crippen LogP contribution in [0.2, 0.25) is 0 Å². The van der Waals surface area contributed by atoms with Crippen molar-refractivity contribution in [1.82, 2.24) is 0 Å². The molecule has 0 radical (unpaired) electrons. The predicted octanol–water partition coefficient (Wildman–Crippen LogP) is 6.39. The van der Waals surface area contributed by atoms with Crippen LogP contribution in [0.1, 0.15) is 52.8 Å². The molecule has 0 bridgehead atoms. The molecule has 0 spiro atoms. The van der Waals surface area contributed by atoms with Crippen LogP contribution in [0.3, 0.4) is 0 Å². The minimum Gasteiger partial charge on any atom is -0.148 e. The third-order valence-corrected chi connectivity index (χ3v) is 5.80. The van der Waals surface area contributed by atoms with Crippen LogP contribution in [0.5, 0.6) is 0 Å². The van der Waals surface area contributed by atoms with E-state index in [9.17, 15) is 0 Å². The van der Waals surface area contributed by atoms with E-state index >= 15 is 0 Å². The van der Waals surface area contributed by atoms with Crippen molar-refractivity contribution in [1.29, 1.82) is 0 Å². The minimum atomic E-state index is 0.713. The van der Waals surface area contributed by atoms with Crippen LogP contribution in [0, 0.1) is 13.8 Å². The van der Waals surface area contributed by atoms with Gasteiger partial charge in [0.25, 0.3) is 0 Å². The number of thiophene rings is 1. The Morgan fingerprint density at radius 3 is 2.55 bits per heavy atom. The summed E-state index contributed by atoms with van der Waals surface area (Å²) < 4.78 is 0. The largest absolute Gasteiger partial charge is 0.148 e. The molecule has 1 heterocycles. The molecule has 2 rings (SSSR count). The van der Waals surface area contributed by atoms with Gasteiger partial charge in [-0.25, -0.2) is 0 Å². The van der Waals surface area contributed by atoms with Gasteiger partial charge in [0, 0.05) is 10.2 Å². The lowest BCUT2D eigenvalue weighted by molar-refractivity contribution is 0.615. The maximum atomic E-state index is 3.54. The fourth-order valence-corrected chi connectivity index (χ4v) is 4.37. The number of halogens is 1. The van der Waals surface area contributed by atoms with Gasteiger partial charge in [0.1, 0.15) is 0 Å². The second-order valence-electron chi connectivity index (χ2n) is 5.56. The van der Waals surface area contributed by atoms with E-state index in [1.54, 1.807) is 4.88 Å². The monoisotopic (exact) mass is 350 g/mol. The van der Waals surface area contributed by atoms with E-state index in [1.807, 2.05) is 11.3 Å². The Kier molecular flexibility index (Phi) is 5.86. The number of rotatable bonds is 6. The van der Waals surface area contributed by atoms with Gasteiger partial charge in [-0.3, -0.25) is 0 Å². The van der Waals surface area contributed by atoms with Crippen molar-refractivity contribution >= 4 is 27.3 Å². The van der Waals surface area contributed by atoms with Gasteiger partial charge in [-0.2, -0.15) is 0 Å². The van der Waals surface area contributed by atoms with Crippen molar-refractivity contribution in [3.63, 3.8) is 0 Å². The molecular weight excluding hydrogens is 328 g/mol. The molecule has 2 heteroatoms. The van der Waals surface area contributed by atoms with Crippen molar-refractivity contribution in [2.24, 2.45) is 0 Å². The number of benzene rings is 1. The zero-order valence-electron chi connectivity index (χ0n) is 12.6. The SMILES string of the molecule is CCC(CCc1ccc(CBr)c(C)c1)c1cc(C)cs1. The number of hydrogen-bond acceptors (Lipinski definition) is 1. The first kappa shape index (κ1) is 15.8. The molecule has 0 fully saturated rings. The van der Waals surface area contributed by atoms with Gasteiger partial charge in [0.2, 0.25) is 0 Å². The third kappa shape index (κ3) is 3.95. The summed E-state index contributed by atoms with van der Waals surface area (Å²) in [5.41, 5.74) is 5.67. The molecule has 108 valence electrons. The van der Waals surface area contributed by atoms with Crippen LogP contribution in [0.25, 0.3) is 0 Å². The Labute approximate surface area is 135 Å². The van der Waals surface area contributed by atoms with Crippen molar-refractivity contribution in [3.8, 4) is 0 Å². The lowest BCUT2D eigenvalue weighted by Gasteiger charge is -2.13. The normalized spacial score (nSPS) is 12.6. The average molecular weight is 351 g/mol. The zero-order valence-corrected chi connectivity index (χ0v) is 15.0. The predicted molar refractivity (Wildman–Crippen MR) is 94.2 cm³/mol. The molecule has 0 N–H and O–H groups in total. The summed E-state index contributed by atoms with van der Waals surface area (Å²) >= 11 is 5.46. The van der Waals surface area contributed by atoms with Crippen molar-refractivity contribution < 1.29 is 0 Å². The van der Waals surface area contributed by atoms with E-state index < -0.39 is 0 Å². The maximum absolute atomic E-state index is 3.54. The molecule has 0 aliphatic carbocycles. The van der Waals surface area contributed by atoms with E-state index in [0.717, 1.165) is 5.33 Å². The molecule has 1 atom stereocenters. The topological polar surface area (TPSA) is 0 Å². The second kappa shape index (κ2) is 7.42. The van der Waals surface area contributed by atoms with Gasteiger partial charge in [0.05, 0.1) is 0 Å². The van der Waals surface area contributed by atoms with Crippen LogP contribution < -0.4 is 0 Å². The fourth-order valence-electron chi connectivity index (χ4n) is 2.62. The Morgan fingerprint density at radius 2 is 2.00 bits per heavy atom. The Bertz CT molecular complexity index is 556. The second-order valence-corrected chi connectivity index (χ2v) is 7.07. The highest BCUT2D eigenvalue weighted by molar-refractivity contribution is 9.08. The highest BCUT2D eigenvalue weighted by atomic mass is 79.9. The van der Waals surface area contributed by atoms with Gasteiger partial charge in [-0.15, -0.1) is 11.3 Å². The van der Waals surface area contributed by atoms with Crippen LogP contribution >= 0.6 is 27.3 Å². The van der Waals surface area contributed by atoms with Gasteiger partial charge in [0.15, 0.2) is 0 Å². The number of alkyl halides is 1. The van der Waals surface area contributed by atoms with Crippen molar-refractivity contribution in [3.05, 3.63) is 56.8 Å². The van der Waals surface area contributed by atoms with Crippen LogP contribution in [-0.2, 0) is 11.8 Å². The third-order valence-electron chi connectivity index (χ3n) is 3.98. The van der Waals surface area contributed by atoms with Crippen LogP contribution in [0.4, 0.5) is 0 Å². The summed E-state index contributed by atoms with van der Waals surface area (Å²) in [6, 6.07) is 9.26. The molecule has 1 aromatic carbocycles. The Morgan fingerprint density at radius 1 is 1.20 bits per heavy atom. The maximum Gasteiger partial charge on any atom is 0.0285 e. The first-order valence-electron chi connectivity index (χ1n) is 7.33. The van der Waals surface area contributed by atoms with Crippen LogP contribution in [-0.4, -0.2) is 0 Å². The summed E-state index contributed by atoms with van der Waals surface area (Å²) in [4.78, 5) is 1.55. The molecule has 0 saturated carbocycles. The zero-order chi connectivity index (χ0) is 14.5. The summed E-state index contributed by atoms with van der Waals surface area (Å²) in [5.74, 6) is 0.713. The molecule has 0 saturated heterocycles. The average Bonchev–Trinajstić information content (AvgIpc) is 2.86. The Balaban J connectivity index is 2.01. The van der Waals surface area contributed by atoms with Gasteiger partial charge in [-0.1, -0.05) is 41.1 Å². The van der Waals surface area contributed by atoms with E-state index in [4.69, 9.17) is 0 Å². The van der Waals surface area contributed by atoms with Gasteiger partial charge < -0.3 is 0 Å². The molecule has 0 nitrogen and oxygen atoms in total. The lowest BCUT2D eigenvalue weighted by atomic mass is 9.94. The molecule has 0 aliphatic rings. The van der Waals surface area contributed by atoms with Gasteiger partial charge >= 0.3 is 0 Å². The number of hydrogen-bond donors (Lipinski definition) is 0. The highest BCUT2D eigenvalue weighted by Gasteiger charge is 2.11. The van der Waals surface area contributed by atoms with E-state index in [-0.39, 0.29) is 0 Å². The number of aryl methyl sites for hydroxylation is 3. The highest BCUT2D eigenvalue weighted by Crippen LogP contribution is 2.30. The summed E-state index contributed by atoms with van der Waals surface area (Å²) in [7, 11) is 0. The molecular formula is C18H23BrS. The van der Waals surface area contributed by atoms with Gasteiger partial charge in [-0.05, 0) is 72.7 Å². The lowest BCUT2D eigenvalue weighted by Crippen LogP contribution is -1.98. The van der Waals surface area contributed by atoms with E-state index in [0.29, 0.717) is 5.92 Å². The van der Waals surface area contributed by atoms with Crippen molar-refractivity contribution in [2.75, 3.05) is 0 Å². The van der Waals surface area contributed by atoms with Crippen LogP contribution in [0.15, 0.2) is 29.6 Å². The smallest absolute Gasteiger partial charge is 0.0285 e.